The Morgan fingerprint density at radius 2 is 1.67 bits per heavy atom. The first kappa shape index (κ1) is 18.4. The van der Waals surface area contributed by atoms with Crippen molar-refractivity contribution in [3.63, 3.8) is 0 Å². The van der Waals surface area contributed by atoms with Crippen molar-refractivity contribution in [2.45, 2.75) is 55.5 Å². The molecule has 2 aromatic carbocycles. The van der Waals surface area contributed by atoms with E-state index in [9.17, 15) is 10.4 Å². The van der Waals surface area contributed by atoms with Crippen LogP contribution in [0.25, 0.3) is 0 Å². The number of nitrogens with zero attached hydrogens (tertiary/aromatic N) is 3. The maximum Gasteiger partial charge on any atom is 0.231 e. The molecular formula is C25H23N3O5. The van der Waals surface area contributed by atoms with Gasteiger partial charge in [0.15, 0.2) is 23.0 Å². The lowest BCUT2D eigenvalue weighted by Gasteiger charge is -2.55. The quantitative estimate of drug-likeness (QED) is 0.704. The maximum atomic E-state index is 10.5. The molecule has 0 spiro atoms. The molecule has 6 aliphatic rings. The van der Waals surface area contributed by atoms with E-state index in [2.05, 4.69) is 34.9 Å². The lowest BCUT2D eigenvalue weighted by molar-refractivity contribution is -0.0760. The molecule has 1 N–H and O–H groups in total. The fourth-order valence-corrected chi connectivity index (χ4v) is 7.33. The van der Waals surface area contributed by atoms with E-state index < -0.39 is 5.54 Å². The topological polar surface area (TPSA) is 87.2 Å². The van der Waals surface area contributed by atoms with E-state index in [1.54, 1.807) is 0 Å². The minimum Gasteiger partial charge on any atom is -0.454 e. The number of ether oxygens (including phenoxy) is 4. The summed E-state index contributed by atoms with van der Waals surface area (Å²) in [6.07, 6.45) is 1.68. The monoisotopic (exact) mass is 445 g/mol. The zero-order valence-corrected chi connectivity index (χ0v) is 18.2. The molecule has 0 bridgehead atoms. The molecule has 168 valence electrons. The number of aliphatic hydroxyl groups is 1. The molecule has 0 saturated carbocycles. The molecule has 33 heavy (non-hydrogen) atoms. The van der Waals surface area contributed by atoms with Gasteiger partial charge in [-0.15, -0.1) is 0 Å². The van der Waals surface area contributed by atoms with Gasteiger partial charge >= 0.3 is 0 Å². The van der Waals surface area contributed by atoms with Crippen molar-refractivity contribution in [3.05, 3.63) is 46.5 Å². The van der Waals surface area contributed by atoms with E-state index in [-0.39, 0.29) is 43.9 Å². The summed E-state index contributed by atoms with van der Waals surface area (Å²) in [5, 5.41) is 20.9. The van der Waals surface area contributed by atoms with Gasteiger partial charge in [0.2, 0.25) is 13.6 Å². The summed E-state index contributed by atoms with van der Waals surface area (Å²) in [4.78, 5) is 4.72. The molecule has 0 radical (unpaired) electrons. The van der Waals surface area contributed by atoms with Crippen molar-refractivity contribution < 1.29 is 24.1 Å². The second-order valence-electron chi connectivity index (χ2n) is 10.2. The minimum absolute atomic E-state index is 0.0296. The lowest BCUT2D eigenvalue weighted by atomic mass is 9.71. The van der Waals surface area contributed by atoms with Gasteiger partial charge in [-0.05, 0) is 66.3 Å². The van der Waals surface area contributed by atoms with Crippen molar-refractivity contribution in [1.29, 1.82) is 5.26 Å². The molecule has 6 atom stereocenters. The normalized spacial score (nSPS) is 38.0. The second-order valence-corrected chi connectivity index (χ2v) is 10.2. The fraction of sp³-hybridized carbons (Fsp3) is 0.480. The SMILES string of the molecule is CC12CC(C3(C#N)C4Cc5cc6c(cc5C(CO)N43)OCO6)N1Cc1cc3c(cc12)OCO3. The number of hydrogen-bond acceptors (Lipinski definition) is 8. The highest BCUT2D eigenvalue weighted by Crippen LogP contribution is 2.65. The summed E-state index contributed by atoms with van der Waals surface area (Å²) >= 11 is 0. The van der Waals surface area contributed by atoms with Crippen LogP contribution >= 0.6 is 0 Å². The van der Waals surface area contributed by atoms with Crippen molar-refractivity contribution >= 4 is 0 Å². The van der Waals surface area contributed by atoms with E-state index >= 15 is 0 Å². The Morgan fingerprint density at radius 3 is 2.36 bits per heavy atom. The molecule has 6 unspecified atom stereocenters. The van der Waals surface area contributed by atoms with Crippen LogP contribution in [-0.4, -0.2) is 52.7 Å². The van der Waals surface area contributed by atoms with Gasteiger partial charge in [-0.1, -0.05) is 0 Å². The summed E-state index contributed by atoms with van der Waals surface area (Å²) in [6.45, 7) is 3.54. The smallest absolute Gasteiger partial charge is 0.231 e. The standard InChI is InChI=1S/C25H23N3O5/c1-24-7-23(27(24)8-14-3-19-21(6-16(14)24)33-12-31-19)25(10-26)22-4-13-2-18-20(32-11-30-18)5-15(13)17(9-29)28(22)25/h2-3,5-6,17,22-23,29H,4,7-9,11-12H2,1H3. The molecular weight excluding hydrogens is 422 g/mol. The van der Waals surface area contributed by atoms with Crippen molar-refractivity contribution in [2.75, 3.05) is 20.2 Å². The van der Waals surface area contributed by atoms with Crippen LogP contribution in [0.4, 0.5) is 0 Å². The zero-order chi connectivity index (χ0) is 22.1. The molecule has 2 fully saturated rings. The minimum atomic E-state index is -0.615. The largest absolute Gasteiger partial charge is 0.454 e. The Balaban J connectivity index is 1.15. The molecule has 2 saturated heterocycles. The van der Waals surface area contributed by atoms with Crippen molar-refractivity contribution in [3.8, 4) is 29.1 Å². The fourth-order valence-electron chi connectivity index (χ4n) is 7.33. The first-order chi connectivity index (χ1) is 16.1. The summed E-state index contributed by atoms with van der Waals surface area (Å²) in [7, 11) is 0. The molecule has 6 heterocycles. The van der Waals surface area contributed by atoms with E-state index in [1.165, 1.54) is 11.1 Å². The molecule has 8 nitrogen and oxygen atoms in total. The van der Waals surface area contributed by atoms with E-state index in [1.807, 2.05) is 12.1 Å². The third-order valence-electron chi connectivity index (χ3n) is 8.93. The molecule has 0 amide bonds. The van der Waals surface area contributed by atoms with Crippen LogP contribution in [0.15, 0.2) is 24.3 Å². The number of nitriles is 1. The number of rotatable bonds is 2. The molecule has 8 heteroatoms. The van der Waals surface area contributed by atoms with Gasteiger partial charge in [0, 0.05) is 24.2 Å². The third-order valence-corrected chi connectivity index (χ3v) is 8.93. The molecule has 8 rings (SSSR count). The van der Waals surface area contributed by atoms with Gasteiger partial charge in [0.05, 0.1) is 18.7 Å². The van der Waals surface area contributed by atoms with Crippen LogP contribution in [-0.2, 0) is 18.5 Å². The van der Waals surface area contributed by atoms with Gasteiger partial charge < -0.3 is 24.1 Å². The molecule has 0 aromatic heterocycles. The Kier molecular flexibility index (Phi) is 3.20. The van der Waals surface area contributed by atoms with Gasteiger partial charge in [-0.3, -0.25) is 9.80 Å². The molecule has 0 aliphatic carbocycles. The predicted octanol–water partition coefficient (Wildman–Crippen LogP) is 2.18. The Morgan fingerprint density at radius 1 is 1.00 bits per heavy atom. The number of hydrogen-bond donors (Lipinski definition) is 1. The average Bonchev–Trinajstić information content (AvgIpc) is 3.16. The van der Waals surface area contributed by atoms with Gasteiger partial charge in [0.25, 0.3) is 0 Å². The highest BCUT2D eigenvalue weighted by Gasteiger charge is 2.76. The van der Waals surface area contributed by atoms with Crippen LogP contribution in [0.3, 0.4) is 0 Å². The van der Waals surface area contributed by atoms with Crippen LogP contribution in [0.1, 0.15) is 41.6 Å². The summed E-state index contributed by atoms with van der Waals surface area (Å²) in [5.41, 5.74) is 4.01. The van der Waals surface area contributed by atoms with E-state index in [4.69, 9.17) is 18.9 Å². The first-order valence-electron chi connectivity index (χ1n) is 11.5. The first-order valence-corrected chi connectivity index (χ1v) is 11.5. The Hall–Kier alpha value is -2.99. The van der Waals surface area contributed by atoms with Crippen LogP contribution in [0.5, 0.6) is 23.0 Å². The highest BCUT2D eigenvalue weighted by atomic mass is 16.7. The van der Waals surface area contributed by atoms with E-state index in [0.29, 0.717) is 0 Å². The average molecular weight is 445 g/mol. The predicted molar refractivity (Wildman–Crippen MR) is 114 cm³/mol. The summed E-state index contributed by atoms with van der Waals surface area (Å²) in [6, 6.07) is 11.0. The maximum absolute atomic E-state index is 10.5. The van der Waals surface area contributed by atoms with Crippen LogP contribution < -0.4 is 18.9 Å². The molecule has 6 aliphatic heterocycles. The van der Waals surface area contributed by atoms with Gasteiger partial charge in [-0.25, -0.2) is 0 Å². The van der Waals surface area contributed by atoms with Gasteiger partial charge in [0.1, 0.15) is 5.54 Å². The zero-order valence-electron chi connectivity index (χ0n) is 18.2. The third kappa shape index (κ3) is 1.99. The van der Waals surface area contributed by atoms with E-state index in [0.717, 1.165) is 53.5 Å². The molecule has 2 aromatic rings. The number of benzene rings is 2. The summed E-state index contributed by atoms with van der Waals surface area (Å²) in [5.74, 6) is 3.10. The van der Waals surface area contributed by atoms with Gasteiger partial charge in [-0.2, -0.15) is 5.26 Å². The Labute approximate surface area is 190 Å². The Bertz CT molecular complexity index is 1290. The second kappa shape index (κ2) is 5.73. The number of fused-ring (bicyclic) bond motifs is 7. The van der Waals surface area contributed by atoms with Crippen molar-refractivity contribution in [2.24, 2.45) is 0 Å². The van der Waals surface area contributed by atoms with Crippen molar-refractivity contribution in [1.82, 2.24) is 9.80 Å². The van der Waals surface area contributed by atoms with Crippen LogP contribution in [0.2, 0.25) is 0 Å². The lowest BCUT2D eigenvalue weighted by Crippen LogP contribution is -2.65. The summed E-state index contributed by atoms with van der Waals surface area (Å²) < 4.78 is 22.4. The van der Waals surface area contributed by atoms with Crippen LogP contribution in [0, 0.1) is 11.3 Å². The number of aliphatic hydroxyl groups excluding tert-OH is 1. The highest BCUT2D eigenvalue weighted by molar-refractivity contribution is 5.57.